The monoisotopic (exact) mass is 370 g/mol. The minimum absolute atomic E-state index is 0.177. The molecule has 2 N–H and O–H groups in total. The van der Waals surface area contributed by atoms with Gasteiger partial charge in [0.1, 0.15) is 6.26 Å². The van der Waals surface area contributed by atoms with Gasteiger partial charge >= 0.3 is 0 Å². The van der Waals surface area contributed by atoms with Crippen LogP contribution in [-0.2, 0) is 11.3 Å². The van der Waals surface area contributed by atoms with E-state index >= 15 is 0 Å². The molecule has 2 heterocycles. The van der Waals surface area contributed by atoms with Crippen molar-refractivity contribution in [3.05, 3.63) is 64.4 Å². The lowest BCUT2D eigenvalue weighted by molar-refractivity contribution is -0.120. The second kappa shape index (κ2) is 8.01. The van der Waals surface area contributed by atoms with Crippen LogP contribution in [0.15, 0.2) is 57.0 Å². The highest BCUT2D eigenvalue weighted by Gasteiger charge is 2.16. The first kappa shape index (κ1) is 17.9. The van der Waals surface area contributed by atoms with Crippen LogP contribution in [0.4, 0.5) is 0 Å². The number of amides is 1. The SMILES string of the molecule is Cc1cc(=O)[nH]c(S[C@@H](C)C(=O)NCc2coc(-c3ccccc3)n2)n1. The van der Waals surface area contributed by atoms with Gasteiger partial charge in [-0.1, -0.05) is 30.0 Å². The number of thioether (sulfide) groups is 1. The Balaban J connectivity index is 1.56. The molecule has 3 aromatic rings. The fourth-order valence-corrected chi connectivity index (χ4v) is 3.13. The van der Waals surface area contributed by atoms with Crippen molar-refractivity contribution in [2.75, 3.05) is 0 Å². The number of aromatic nitrogens is 3. The van der Waals surface area contributed by atoms with Gasteiger partial charge in [0.2, 0.25) is 11.8 Å². The molecule has 0 spiro atoms. The van der Waals surface area contributed by atoms with E-state index in [-0.39, 0.29) is 18.0 Å². The molecule has 0 aliphatic rings. The molecule has 0 aliphatic carbocycles. The number of hydrogen-bond donors (Lipinski definition) is 2. The average Bonchev–Trinajstić information content (AvgIpc) is 3.08. The van der Waals surface area contributed by atoms with Gasteiger partial charge in [-0.15, -0.1) is 0 Å². The molecule has 1 atom stereocenters. The van der Waals surface area contributed by atoms with E-state index in [1.807, 2.05) is 30.3 Å². The summed E-state index contributed by atoms with van der Waals surface area (Å²) in [5.41, 5.74) is 1.89. The lowest BCUT2D eigenvalue weighted by atomic mass is 10.2. The van der Waals surface area contributed by atoms with Crippen LogP contribution < -0.4 is 10.9 Å². The normalized spacial score (nSPS) is 11.9. The van der Waals surface area contributed by atoms with Gasteiger partial charge in [-0.2, -0.15) is 0 Å². The minimum Gasteiger partial charge on any atom is -0.444 e. The molecule has 26 heavy (non-hydrogen) atoms. The van der Waals surface area contributed by atoms with Gasteiger partial charge < -0.3 is 14.7 Å². The summed E-state index contributed by atoms with van der Waals surface area (Å²) in [5, 5.41) is 2.82. The van der Waals surface area contributed by atoms with Gasteiger partial charge in [-0.25, -0.2) is 9.97 Å². The predicted molar refractivity (Wildman–Crippen MR) is 98.7 cm³/mol. The van der Waals surface area contributed by atoms with Gasteiger partial charge in [-0.05, 0) is 26.0 Å². The third-order valence-electron chi connectivity index (χ3n) is 3.52. The molecule has 8 heteroatoms. The summed E-state index contributed by atoms with van der Waals surface area (Å²) >= 11 is 1.19. The largest absolute Gasteiger partial charge is 0.444 e. The molecular weight excluding hydrogens is 352 g/mol. The number of carbonyl (C=O) groups is 1. The molecule has 0 saturated carbocycles. The van der Waals surface area contributed by atoms with E-state index in [1.165, 1.54) is 24.1 Å². The molecule has 0 aliphatic heterocycles. The summed E-state index contributed by atoms with van der Waals surface area (Å²) < 4.78 is 5.45. The quantitative estimate of drug-likeness (QED) is 0.511. The van der Waals surface area contributed by atoms with Crippen molar-refractivity contribution in [2.24, 2.45) is 0 Å². The van der Waals surface area contributed by atoms with E-state index in [9.17, 15) is 9.59 Å². The Bertz CT molecular complexity index is 952. The number of benzene rings is 1. The number of rotatable bonds is 6. The fourth-order valence-electron chi connectivity index (χ4n) is 2.25. The molecule has 3 rings (SSSR count). The minimum atomic E-state index is -0.416. The van der Waals surface area contributed by atoms with Crippen LogP contribution in [0.25, 0.3) is 11.5 Å². The summed E-state index contributed by atoms with van der Waals surface area (Å²) in [7, 11) is 0. The number of nitrogens with zero attached hydrogens (tertiary/aromatic N) is 2. The summed E-state index contributed by atoms with van der Waals surface area (Å²) in [5.74, 6) is 0.335. The number of H-pyrrole nitrogens is 1. The van der Waals surface area contributed by atoms with Gasteiger partial charge in [-0.3, -0.25) is 9.59 Å². The Labute approximate surface area is 154 Å². The summed E-state index contributed by atoms with van der Waals surface area (Å²) in [4.78, 5) is 34.9. The Morgan fingerprint density at radius 2 is 2.08 bits per heavy atom. The second-order valence-corrected chi connectivity index (χ2v) is 7.01. The molecule has 0 bridgehead atoms. The van der Waals surface area contributed by atoms with Crippen molar-refractivity contribution < 1.29 is 9.21 Å². The smallest absolute Gasteiger partial charge is 0.251 e. The van der Waals surface area contributed by atoms with Crippen LogP contribution in [-0.4, -0.2) is 26.1 Å². The Morgan fingerprint density at radius 3 is 2.81 bits per heavy atom. The van der Waals surface area contributed by atoms with Crippen LogP contribution in [0.5, 0.6) is 0 Å². The van der Waals surface area contributed by atoms with E-state index in [2.05, 4.69) is 20.3 Å². The van der Waals surface area contributed by atoms with Crippen molar-refractivity contribution in [1.29, 1.82) is 0 Å². The number of carbonyl (C=O) groups excluding carboxylic acids is 1. The van der Waals surface area contributed by atoms with E-state index in [0.717, 1.165) is 5.56 Å². The Kier molecular flexibility index (Phi) is 5.52. The summed E-state index contributed by atoms with van der Waals surface area (Å²) in [6.45, 7) is 3.75. The first-order chi connectivity index (χ1) is 12.5. The molecule has 1 aromatic carbocycles. The zero-order valence-electron chi connectivity index (χ0n) is 14.4. The van der Waals surface area contributed by atoms with Gasteiger partial charge in [0.25, 0.3) is 5.56 Å². The van der Waals surface area contributed by atoms with Crippen molar-refractivity contribution in [3.63, 3.8) is 0 Å². The topological polar surface area (TPSA) is 101 Å². The first-order valence-electron chi connectivity index (χ1n) is 8.03. The number of aromatic amines is 1. The number of aryl methyl sites for hydroxylation is 1. The lowest BCUT2D eigenvalue weighted by Gasteiger charge is -2.10. The predicted octanol–water partition coefficient (Wildman–Crippen LogP) is 2.53. The third-order valence-corrected chi connectivity index (χ3v) is 4.51. The Morgan fingerprint density at radius 1 is 1.31 bits per heavy atom. The van der Waals surface area contributed by atoms with Gasteiger partial charge in [0.15, 0.2) is 5.16 Å². The van der Waals surface area contributed by atoms with Gasteiger partial charge in [0, 0.05) is 17.3 Å². The molecule has 2 aromatic heterocycles. The fraction of sp³-hybridized carbons (Fsp3) is 0.222. The highest BCUT2D eigenvalue weighted by atomic mass is 32.2. The zero-order valence-corrected chi connectivity index (χ0v) is 15.2. The molecule has 0 fully saturated rings. The molecule has 0 unspecified atom stereocenters. The van der Waals surface area contributed by atoms with Gasteiger partial charge in [0.05, 0.1) is 17.5 Å². The van der Waals surface area contributed by atoms with Crippen molar-refractivity contribution in [1.82, 2.24) is 20.3 Å². The molecule has 134 valence electrons. The van der Waals surface area contributed by atoms with E-state index in [0.29, 0.717) is 22.4 Å². The third kappa shape index (κ3) is 4.60. The Hall–Kier alpha value is -2.87. The molecule has 0 radical (unpaired) electrons. The number of oxazole rings is 1. The number of nitrogens with one attached hydrogen (secondary N) is 2. The van der Waals surface area contributed by atoms with Crippen molar-refractivity contribution >= 4 is 17.7 Å². The molecule has 1 amide bonds. The lowest BCUT2D eigenvalue weighted by Crippen LogP contribution is -2.30. The average molecular weight is 370 g/mol. The second-order valence-electron chi connectivity index (χ2n) is 5.68. The standard InChI is InChI=1S/C18H18N4O3S/c1-11-8-15(23)22-18(20-11)26-12(2)16(24)19-9-14-10-25-17(21-14)13-6-4-3-5-7-13/h3-8,10,12H,9H2,1-2H3,(H,19,24)(H,20,22,23)/t12-/m0/s1. The zero-order chi connectivity index (χ0) is 18.5. The molecular formula is C18H18N4O3S. The van der Waals surface area contributed by atoms with Crippen LogP contribution in [0.2, 0.25) is 0 Å². The van der Waals surface area contributed by atoms with Crippen LogP contribution in [0, 0.1) is 6.92 Å². The first-order valence-corrected chi connectivity index (χ1v) is 8.91. The van der Waals surface area contributed by atoms with Crippen LogP contribution >= 0.6 is 11.8 Å². The maximum absolute atomic E-state index is 12.3. The van der Waals surface area contributed by atoms with E-state index in [4.69, 9.17) is 4.42 Å². The highest BCUT2D eigenvalue weighted by Crippen LogP contribution is 2.19. The van der Waals surface area contributed by atoms with E-state index < -0.39 is 5.25 Å². The van der Waals surface area contributed by atoms with Crippen molar-refractivity contribution in [3.8, 4) is 11.5 Å². The molecule has 7 nitrogen and oxygen atoms in total. The molecule has 0 saturated heterocycles. The maximum atomic E-state index is 12.3. The number of hydrogen-bond acceptors (Lipinski definition) is 6. The van der Waals surface area contributed by atoms with E-state index in [1.54, 1.807) is 13.8 Å². The summed E-state index contributed by atoms with van der Waals surface area (Å²) in [6.07, 6.45) is 1.53. The van der Waals surface area contributed by atoms with Crippen LogP contribution in [0.3, 0.4) is 0 Å². The maximum Gasteiger partial charge on any atom is 0.251 e. The van der Waals surface area contributed by atoms with Crippen LogP contribution in [0.1, 0.15) is 18.3 Å². The summed E-state index contributed by atoms with van der Waals surface area (Å²) in [6, 6.07) is 10.9. The van der Waals surface area contributed by atoms with Crippen molar-refractivity contribution in [2.45, 2.75) is 30.8 Å². The highest BCUT2D eigenvalue weighted by molar-refractivity contribution is 8.00.